The lowest BCUT2D eigenvalue weighted by molar-refractivity contribution is -0.0595. The van der Waals surface area contributed by atoms with Gasteiger partial charge in [-0.2, -0.15) is 0 Å². The van der Waals surface area contributed by atoms with Crippen LogP contribution in [0.1, 0.15) is 44.4 Å². The van der Waals surface area contributed by atoms with Crippen LogP contribution in [0.15, 0.2) is 18.2 Å². The number of aliphatic hydroxyl groups is 1. The fourth-order valence-electron chi connectivity index (χ4n) is 2.66. The summed E-state index contributed by atoms with van der Waals surface area (Å²) in [6.07, 6.45) is 1.25. The van der Waals surface area contributed by atoms with Crippen molar-refractivity contribution in [2.45, 2.75) is 45.8 Å². The molecule has 1 aromatic carbocycles. The SMILES string of the molecule is CCOC(C(C)C)C(O)c1cccc2c1OCCC2. The van der Waals surface area contributed by atoms with Gasteiger partial charge in [0.2, 0.25) is 0 Å². The zero-order valence-electron chi connectivity index (χ0n) is 12.1. The summed E-state index contributed by atoms with van der Waals surface area (Å²) in [4.78, 5) is 0. The van der Waals surface area contributed by atoms with Crippen LogP contribution in [0.2, 0.25) is 0 Å². The van der Waals surface area contributed by atoms with Crippen molar-refractivity contribution in [1.29, 1.82) is 0 Å². The second kappa shape index (κ2) is 6.40. The van der Waals surface area contributed by atoms with E-state index in [1.807, 2.05) is 19.1 Å². The highest BCUT2D eigenvalue weighted by molar-refractivity contribution is 5.44. The Morgan fingerprint density at radius 2 is 2.16 bits per heavy atom. The van der Waals surface area contributed by atoms with Crippen molar-refractivity contribution < 1.29 is 14.6 Å². The summed E-state index contributed by atoms with van der Waals surface area (Å²) >= 11 is 0. The zero-order valence-corrected chi connectivity index (χ0v) is 12.1. The Morgan fingerprint density at radius 1 is 1.37 bits per heavy atom. The molecular weight excluding hydrogens is 240 g/mol. The molecule has 1 aliphatic rings. The van der Waals surface area contributed by atoms with Gasteiger partial charge in [0.15, 0.2) is 0 Å². The van der Waals surface area contributed by atoms with Gasteiger partial charge in [-0.15, -0.1) is 0 Å². The van der Waals surface area contributed by atoms with Gasteiger partial charge in [-0.3, -0.25) is 0 Å². The molecule has 0 saturated heterocycles. The van der Waals surface area contributed by atoms with Gasteiger partial charge in [-0.1, -0.05) is 32.0 Å². The number of aliphatic hydroxyl groups excluding tert-OH is 1. The van der Waals surface area contributed by atoms with Crippen molar-refractivity contribution in [2.24, 2.45) is 5.92 Å². The molecule has 3 nitrogen and oxygen atoms in total. The Hall–Kier alpha value is -1.06. The van der Waals surface area contributed by atoms with Gasteiger partial charge in [-0.25, -0.2) is 0 Å². The van der Waals surface area contributed by atoms with Crippen molar-refractivity contribution in [3.63, 3.8) is 0 Å². The fourth-order valence-corrected chi connectivity index (χ4v) is 2.66. The number of benzene rings is 1. The van der Waals surface area contributed by atoms with Crippen LogP contribution in [0.3, 0.4) is 0 Å². The minimum atomic E-state index is -0.631. The summed E-state index contributed by atoms with van der Waals surface area (Å²) in [5.74, 6) is 1.13. The molecule has 1 N–H and O–H groups in total. The quantitative estimate of drug-likeness (QED) is 0.888. The van der Waals surface area contributed by atoms with Crippen LogP contribution in [-0.2, 0) is 11.2 Å². The summed E-state index contributed by atoms with van der Waals surface area (Å²) < 4.78 is 11.5. The van der Waals surface area contributed by atoms with Crippen LogP contribution >= 0.6 is 0 Å². The molecule has 0 saturated carbocycles. The summed E-state index contributed by atoms with van der Waals surface area (Å²) in [7, 11) is 0. The maximum Gasteiger partial charge on any atom is 0.128 e. The molecule has 2 rings (SSSR count). The lowest BCUT2D eigenvalue weighted by Gasteiger charge is -2.29. The normalized spacial score (nSPS) is 17.7. The molecule has 0 fully saturated rings. The maximum atomic E-state index is 10.6. The van der Waals surface area contributed by atoms with E-state index in [1.54, 1.807) is 0 Å². The molecule has 1 aliphatic heterocycles. The molecule has 0 bridgehead atoms. The van der Waals surface area contributed by atoms with Crippen LogP contribution in [-0.4, -0.2) is 24.4 Å². The monoisotopic (exact) mass is 264 g/mol. The first-order valence-electron chi connectivity index (χ1n) is 7.19. The van der Waals surface area contributed by atoms with Crippen LogP contribution < -0.4 is 4.74 Å². The van der Waals surface area contributed by atoms with Gasteiger partial charge in [0.1, 0.15) is 11.9 Å². The Kier molecular flexibility index (Phi) is 4.83. The molecule has 1 heterocycles. The molecule has 3 heteroatoms. The van der Waals surface area contributed by atoms with Gasteiger partial charge in [0, 0.05) is 12.2 Å². The van der Waals surface area contributed by atoms with Crippen molar-refractivity contribution in [1.82, 2.24) is 0 Å². The lowest BCUT2D eigenvalue weighted by atomic mass is 9.92. The smallest absolute Gasteiger partial charge is 0.128 e. The predicted molar refractivity (Wildman–Crippen MR) is 75.5 cm³/mol. The Morgan fingerprint density at radius 3 is 2.84 bits per heavy atom. The first-order valence-corrected chi connectivity index (χ1v) is 7.19. The first kappa shape index (κ1) is 14.4. The van der Waals surface area contributed by atoms with Crippen LogP contribution in [0.5, 0.6) is 5.75 Å². The van der Waals surface area contributed by atoms with Gasteiger partial charge < -0.3 is 14.6 Å². The molecular formula is C16H24O3. The third-order valence-corrected chi connectivity index (χ3v) is 3.61. The topological polar surface area (TPSA) is 38.7 Å². The lowest BCUT2D eigenvalue weighted by Crippen LogP contribution is -2.28. The summed E-state index contributed by atoms with van der Waals surface area (Å²) in [6.45, 7) is 7.44. The van der Waals surface area contributed by atoms with E-state index in [0.717, 1.165) is 30.8 Å². The van der Waals surface area contributed by atoms with Gasteiger partial charge in [-0.05, 0) is 31.2 Å². The highest BCUT2D eigenvalue weighted by atomic mass is 16.5. The summed E-state index contributed by atoms with van der Waals surface area (Å²) in [6, 6.07) is 6.02. The van der Waals surface area contributed by atoms with Crippen molar-refractivity contribution in [3.8, 4) is 5.75 Å². The van der Waals surface area contributed by atoms with Crippen LogP contribution in [0, 0.1) is 5.92 Å². The van der Waals surface area contributed by atoms with E-state index in [4.69, 9.17) is 9.47 Å². The Balaban J connectivity index is 2.29. The van der Waals surface area contributed by atoms with Crippen molar-refractivity contribution in [2.75, 3.05) is 13.2 Å². The Labute approximate surface area is 115 Å². The molecule has 0 aromatic heterocycles. The minimum absolute atomic E-state index is 0.193. The van der Waals surface area contributed by atoms with Crippen molar-refractivity contribution >= 4 is 0 Å². The van der Waals surface area contributed by atoms with Gasteiger partial charge in [0.05, 0.1) is 12.7 Å². The van der Waals surface area contributed by atoms with Crippen LogP contribution in [0.25, 0.3) is 0 Å². The molecule has 1 aromatic rings. The van der Waals surface area contributed by atoms with E-state index in [9.17, 15) is 5.11 Å². The molecule has 0 amide bonds. The number of fused-ring (bicyclic) bond motifs is 1. The average molecular weight is 264 g/mol. The number of ether oxygens (including phenoxy) is 2. The van der Waals surface area contributed by atoms with E-state index in [0.29, 0.717) is 6.61 Å². The molecule has 0 spiro atoms. The highest BCUT2D eigenvalue weighted by Crippen LogP contribution is 2.36. The number of rotatable bonds is 5. The van der Waals surface area contributed by atoms with Gasteiger partial charge in [0.25, 0.3) is 0 Å². The molecule has 19 heavy (non-hydrogen) atoms. The molecule has 2 unspecified atom stereocenters. The second-order valence-corrected chi connectivity index (χ2v) is 5.40. The third kappa shape index (κ3) is 3.10. The van der Waals surface area contributed by atoms with E-state index >= 15 is 0 Å². The summed E-state index contributed by atoms with van der Waals surface area (Å²) in [5, 5.41) is 10.6. The van der Waals surface area contributed by atoms with Gasteiger partial charge >= 0.3 is 0 Å². The largest absolute Gasteiger partial charge is 0.493 e. The zero-order chi connectivity index (χ0) is 13.8. The molecule has 0 aliphatic carbocycles. The van der Waals surface area contributed by atoms with Crippen molar-refractivity contribution in [3.05, 3.63) is 29.3 Å². The number of hydrogen-bond acceptors (Lipinski definition) is 3. The standard InChI is InChI=1S/C16H24O3/c1-4-18-15(11(2)3)14(17)13-9-5-7-12-8-6-10-19-16(12)13/h5,7,9,11,14-15,17H,4,6,8,10H2,1-3H3. The number of aryl methyl sites for hydroxylation is 1. The average Bonchev–Trinajstić information content (AvgIpc) is 2.43. The molecule has 0 radical (unpaired) electrons. The molecule has 106 valence electrons. The number of para-hydroxylation sites is 1. The maximum absolute atomic E-state index is 10.6. The van der Waals surface area contributed by atoms with E-state index in [1.165, 1.54) is 5.56 Å². The summed E-state index contributed by atoms with van der Waals surface area (Å²) in [5.41, 5.74) is 2.06. The predicted octanol–water partition coefficient (Wildman–Crippen LogP) is 3.11. The second-order valence-electron chi connectivity index (χ2n) is 5.40. The Bertz CT molecular complexity index is 414. The molecule has 2 atom stereocenters. The van der Waals surface area contributed by atoms with Crippen LogP contribution in [0.4, 0.5) is 0 Å². The third-order valence-electron chi connectivity index (χ3n) is 3.61. The highest BCUT2D eigenvalue weighted by Gasteiger charge is 2.28. The van der Waals surface area contributed by atoms with E-state index < -0.39 is 6.10 Å². The minimum Gasteiger partial charge on any atom is -0.493 e. The fraction of sp³-hybridized carbons (Fsp3) is 0.625. The number of hydrogen-bond donors (Lipinski definition) is 1. The van der Waals surface area contributed by atoms with E-state index in [2.05, 4.69) is 19.9 Å². The first-order chi connectivity index (χ1) is 9.15. The van der Waals surface area contributed by atoms with E-state index in [-0.39, 0.29) is 12.0 Å².